The summed E-state index contributed by atoms with van der Waals surface area (Å²) < 4.78 is 46.4. The van der Waals surface area contributed by atoms with Gasteiger partial charge in [-0.1, -0.05) is 0 Å². The molecule has 0 bridgehead atoms. The van der Waals surface area contributed by atoms with E-state index in [1.165, 1.54) is 40.7 Å². The Labute approximate surface area is 181 Å². The average Bonchev–Trinajstić information content (AvgIpc) is 2.76. The first-order valence-electron chi connectivity index (χ1n) is 8.97. The molecule has 0 aromatic heterocycles. The van der Waals surface area contributed by atoms with E-state index in [1.807, 2.05) is 0 Å². The van der Waals surface area contributed by atoms with Crippen LogP contribution in [0.15, 0.2) is 41.5 Å². The smallest absolute Gasteiger partial charge is 0.260 e. The molecule has 1 amide bonds. The molecule has 10 nitrogen and oxygen atoms in total. The summed E-state index contributed by atoms with van der Waals surface area (Å²) in [5.41, 5.74) is 3.13. The number of nitrogens with zero attached hydrogens (tertiary/aromatic N) is 2. The van der Waals surface area contributed by atoms with Crippen molar-refractivity contribution in [1.82, 2.24) is 5.43 Å². The zero-order valence-corrected chi connectivity index (χ0v) is 18.7. The number of methoxy groups -OCH3 is 4. The van der Waals surface area contributed by atoms with Gasteiger partial charge in [0.2, 0.25) is 10.0 Å². The van der Waals surface area contributed by atoms with Gasteiger partial charge in [0.15, 0.2) is 11.5 Å². The van der Waals surface area contributed by atoms with Gasteiger partial charge in [-0.25, -0.2) is 13.8 Å². The second-order valence-electron chi connectivity index (χ2n) is 6.22. The minimum absolute atomic E-state index is 0.170. The van der Waals surface area contributed by atoms with Gasteiger partial charge in [-0.15, -0.1) is 0 Å². The van der Waals surface area contributed by atoms with Crippen LogP contribution in [0.3, 0.4) is 0 Å². The highest BCUT2D eigenvalue weighted by atomic mass is 32.2. The molecule has 0 fully saturated rings. The van der Waals surface area contributed by atoms with Crippen molar-refractivity contribution >= 4 is 27.8 Å². The fourth-order valence-corrected chi connectivity index (χ4v) is 3.50. The molecule has 0 unspecified atom stereocenters. The molecule has 0 heterocycles. The van der Waals surface area contributed by atoms with Crippen LogP contribution in [0.2, 0.25) is 0 Å². The Kier molecular flexibility index (Phi) is 8.08. The summed E-state index contributed by atoms with van der Waals surface area (Å²) >= 11 is 0. The number of anilines is 1. The summed E-state index contributed by atoms with van der Waals surface area (Å²) in [6.45, 7) is -0.508. The van der Waals surface area contributed by atoms with Crippen LogP contribution in [0.25, 0.3) is 0 Å². The number of ether oxygens (including phenoxy) is 4. The number of hydrogen-bond acceptors (Lipinski definition) is 8. The van der Waals surface area contributed by atoms with E-state index in [1.54, 1.807) is 30.3 Å². The van der Waals surface area contributed by atoms with Gasteiger partial charge in [0.1, 0.15) is 18.0 Å². The maximum Gasteiger partial charge on any atom is 0.260 e. The number of benzene rings is 2. The highest BCUT2D eigenvalue weighted by molar-refractivity contribution is 7.92. The van der Waals surface area contributed by atoms with Crippen LogP contribution in [0.1, 0.15) is 5.56 Å². The van der Waals surface area contributed by atoms with Crippen LogP contribution in [0, 0.1) is 0 Å². The average molecular weight is 452 g/mol. The number of hydrogen-bond donors (Lipinski definition) is 1. The van der Waals surface area contributed by atoms with Gasteiger partial charge in [0.05, 0.1) is 46.6 Å². The van der Waals surface area contributed by atoms with E-state index in [4.69, 9.17) is 18.9 Å². The predicted octanol–water partition coefficient (Wildman–Crippen LogP) is 1.64. The number of hydrazone groups is 1. The molecule has 11 heteroatoms. The Morgan fingerprint density at radius 2 is 1.61 bits per heavy atom. The molecular formula is C20H25N3O7S. The molecule has 2 aromatic carbocycles. The Bertz CT molecular complexity index is 1050. The van der Waals surface area contributed by atoms with Crippen molar-refractivity contribution in [2.45, 2.75) is 0 Å². The van der Waals surface area contributed by atoms with Crippen LogP contribution in [-0.4, -0.2) is 61.8 Å². The van der Waals surface area contributed by atoms with Crippen molar-refractivity contribution in [3.8, 4) is 23.0 Å². The lowest BCUT2D eigenvalue weighted by atomic mass is 10.2. The fraction of sp³-hybridized carbons (Fsp3) is 0.300. The number of nitrogens with one attached hydrogen (secondary N) is 1. The van der Waals surface area contributed by atoms with Gasteiger partial charge in [-0.05, 0) is 35.9 Å². The molecule has 0 aliphatic heterocycles. The third-order valence-electron chi connectivity index (χ3n) is 4.15. The van der Waals surface area contributed by atoms with Gasteiger partial charge in [0, 0.05) is 6.07 Å². The SMILES string of the molecule is COc1ccc(OC)c(N(CC(=O)N/N=C\c2ccc(OC)c(OC)c2)S(C)(=O)=O)c1. The van der Waals surface area contributed by atoms with Crippen molar-refractivity contribution in [3.63, 3.8) is 0 Å². The quantitative estimate of drug-likeness (QED) is 0.431. The van der Waals surface area contributed by atoms with Crippen LogP contribution >= 0.6 is 0 Å². The number of carbonyl (C=O) groups is 1. The highest BCUT2D eigenvalue weighted by Gasteiger charge is 2.24. The van der Waals surface area contributed by atoms with Crippen LogP contribution in [0.5, 0.6) is 23.0 Å². The van der Waals surface area contributed by atoms with E-state index in [-0.39, 0.29) is 11.4 Å². The lowest BCUT2D eigenvalue weighted by molar-refractivity contribution is -0.119. The molecule has 1 N–H and O–H groups in total. The Morgan fingerprint density at radius 1 is 0.968 bits per heavy atom. The van der Waals surface area contributed by atoms with E-state index in [0.29, 0.717) is 22.8 Å². The number of sulfonamides is 1. The van der Waals surface area contributed by atoms with E-state index >= 15 is 0 Å². The van der Waals surface area contributed by atoms with E-state index in [0.717, 1.165) is 10.6 Å². The standard InChI is InChI=1S/C20H25N3O7S/c1-27-15-7-9-17(28-2)16(11-15)23(31(5,25)26)13-20(24)22-21-12-14-6-8-18(29-3)19(10-14)30-4/h6-12H,13H2,1-5H3,(H,22,24)/b21-12-. The van der Waals surface area contributed by atoms with Gasteiger partial charge in [-0.3, -0.25) is 9.10 Å². The normalized spacial score (nSPS) is 11.1. The summed E-state index contributed by atoms with van der Waals surface area (Å²) in [5.74, 6) is 1.10. The topological polar surface area (TPSA) is 116 Å². The van der Waals surface area contributed by atoms with Crippen molar-refractivity contribution in [1.29, 1.82) is 0 Å². The lowest BCUT2D eigenvalue weighted by Gasteiger charge is -2.23. The molecule has 168 valence electrons. The van der Waals surface area contributed by atoms with Crippen molar-refractivity contribution in [2.75, 3.05) is 45.5 Å². The molecular weight excluding hydrogens is 426 g/mol. The van der Waals surface area contributed by atoms with E-state index in [9.17, 15) is 13.2 Å². The second kappa shape index (κ2) is 10.5. The summed E-state index contributed by atoms with van der Waals surface area (Å²) in [4.78, 5) is 12.4. The van der Waals surface area contributed by atoms with Crippen molar-refractivity contribution in [2.24, 2.45) is 5.10 Å². The summed E-state index contributed by atoms with van der Waals surface area (Å²) in [5, 5.41) is 3.88. The molecule has 2 rings (SSSR count). The zero-order chi connectivity index (χ0) is 23.0. The van der Waals surface area contributed by atoms with Crippen LogP contribution < -0.4 is 28.7 Å². The van der Waals surface area contributed by atoms with Gasteiger partial charge in [-0.2, -0.15) is 5.10 Å². The van der Waals surface area contributed by atoms with Gasteiger partial charge < -0.3 is 18.9 Å². The zero-order valence-electron chi connectivity index (χ0n) is 17.9. The van der Waals surface area contributed by atoms with E-state index in [2.05, 4.69) is 10.5 Å². The fourth-order valence-electron chi connectivity index (χ4n) is 2.65. The second-order valence-corrected chi connectivity index (χ2v) is 8.12. The van der Waals surface area contributed by atoms with Gasteiger partial charge in [0.25, 0.3) is 5.91 Å². The molecule has 0 radical (unpaired) electrons. The summed E-state index contributed by atoms with van der Waals surface area (Å²) in [6.07, 6.45) is 2.39. The highest BCUT2D eigenvalue weighted by Crippen LogP contribution is 2.33. The molecule has 0 saturated heterocycles. The third kappa shape index (κ3) is 6.25. The molecule has 31 heavy (non-hydrogen) atoms. The minimum Gasteiger partial charge on any atom is -0.497 e. The Morgan fingerprint density at radius 3 is 2.19 bits per heavy atom. The lowest BCUT2D eigenvalue weighted by Crippen LogP contribution is -2.39. The molecule has 0 saturated carbocycles. The molecule has 0 atom stereocenters. The number of carbonyl (C=O) groups excluding carboxylic acids is 1. The monoisotopic (exact) mass is 451 g/mol. The first-order chi connectivity index (χ1) is 14.7. The first kappa shape index (κ1) is 23.8. The summed E-state index contributed by atoms with van der Waals surface area (Å²) in [7, 11) is 2.07. The molecule has 0 aliphatic carbocycles. The number of rotatable bonds is 10. The maximum atomic E-state index is 12.4. The number of amides is 1. The minimum atomic E-state index is -3.81. The molecule has 2 aromatic rings. The van der Waals surface area contributed by atoms with Crippen LogP contribution in [0.4, 0.5) is 5.69 Å². The van der Waals surface area contributed by atoms with Crippen LogP contribution in [-0.2, 0) is 14.8 Å². The first-order valence-corrected chi connectivity index (χ1v) is 10.8. The van der Waals surface area contributed by atoms with E-state index < -0.39 is 22.5 Å². The Hall–Kier alpha value is -3.47. The largest absolute Gasteiger partial charge is 0.497 e. The van der Waals surface area contributed by atoms with Crippen molar-refractivity contribution < 1.29 is 32.2 Å². The van der Waals surface area contributed by atoms with Crippen molar-refractivity contribution in [3.05, 3.63) is 42.0 Å². The maximum absolute atomic E-state index is 12.4. The predicted molar refractivity (Wildman–Crippen MR) is 117 cm³/mol. The third-order valence-corrected chi connectivity index (χ3v) is 5.28. The molecule has 0 aliphatic rings. The summed E-state index contributed by atoms with van der Waals surface area (Å²) in [6, 6.07) is 9.75. The molecule has 0 spiro atoms. The van der Waals surface area contributed by atoms with Gasteiger partial charge >= 0.3 is 0 Å². The Balaban J connectivity index is 2.19.